The van der Waals surface area contributed by atoms with E-state index >= 15 is 0 Å². The molecular formula is C8H8N2O4S. The lowest BCUT2D eigenvalue weighted by Crippen LogP contribution is -1.96. The molecule has 1 aromatic heterocycles. The van der Waals surface area contributed by atoms with Gasteiger partial charge in [0, 0.05) is 5.27 Å². The van der Waals surface area contributed by atoms with Crippen molar-refractivity contribution < 1.29 is 17.5 Å². The molecule has 7 heteroatoms. The summed E-state index contributed by atoms with van der Waals surface area (Å²) in [4.78, 5) is -0.0741. The number of nitrogens with zero attached hydrogens (tertiary/aromatic N) is 2. The van der Waals surface area contributed by atoms with Gasteiger partial charge in [-0.05, 0) is 12.1 Å². The minimum absolute atomic E-state index is 0.0741. The third kappa shape index (κ3) is 4.34. The second-order valence-corrected chi connectivity index (χ2v) is 3.80. The number of benzene rings is 1. The van der Waals surface area contributed by atoms with Gasteiger partial charge in [0.25, 0.3) is 10.1 Å². The van der Waals surface area contributed by atoms with Gasteiger partial charge >= 0.3 is 0 Å². The highest BCUT2D eigenvalue weighted by atomic mass is 32.2. The molecule has 1 N–H and O–H groups in total. The van der Waals surface area contributed by atoms with Crippen LogP contribution in [0.15, 0.2) is 52.2 Å². The predicted molar refractivity (Wildman–Crippen MR) is 50.6 cm³/mol. The molecular weight excluding hydrogens is 220 g/mol. The van der Waals surface area contributed by atoms with Crippen molar-refractivity contribution in [3.63, 3.8) is 0 Å². The summed E-state index contributed by atoms with van der Waals surface area (Å²) in [6, 6.07) is 7.42. The Labute approximate surface area is 86.3 Å². The van der Waals surface area contributed by atoms with Crippen LogP contribution in [0.25, 0.3) is 0 Å². The van der Waals surface area contributed by atoms with Gasteiger partial charge in [-0.2, -0.15) is 8.42 Å². The molecule has 0 aliphatic carbocycles. The van der Waals surface area contributed by atoms with E-state index in [1.54, 1.807) is 18.2 Å². The van der Waals surface area contributed by atoms with Crippen molar-refractivity contribution in [3.8, 4) is 0 Å². The summed E-state index contributed by atoms with van der Waals surface area (Å²) in [7, 11) is -4.00. The summed E-state index contributed by atoms with van der Waals surface area (Å²) in [5, 5.41) is 6.40. The Bertz CT molecular complexity index is 449. The first kappa shape index (κ1) is 11.3. The summed E-state index contributed by atoms with van der Waals surface area (Å²) < 4.78 is 33.5. The number of aromatic nitrogens is 2. The van der Waals surface area contributed by atoms with Gasteiger partial charge < -0.3 is 4.52 Å². The van der Waals surface area contributed by atoms with Crippen LogP contribution in [-0.2, 0) is 10.1 Å². The van der Waals surface area contributed by atoms with Crippen molar-refractivity contribution in [1.82, 2.24) is 10.4 Å². The Morgan fingerprint density at radius 1 is 1.20 bits per heavy atom. The van der Waals surface area contributed by atoms with Crippen LogP contribution in [0.4, 0.5) is 0 Å². The SMILES string of the molecule is O=S(=O)(O)c1ccccc1.c1conn1. The van der Waals surface area contributed by atoms with E-state index in [2.05, 4.69) is 14.9 Å². The summed E-state index contributed by atoms with van der Waals surface area (Å²) in [5.74, 6) is 0. The molecule has 1 heterocycles. The maximum Gasteiger partial charge on any atom is 0.294 e. The van der Waals surface area contributed by atoms with Crippen molar-refractivity contribution in [1.29, 1.82) is 0 Å². The van der Waals surface area contributed by atoms with Gasteiger partial charge in [0.15, 0.2) is 0 Å². The normalized spacial score (nSPS) is 10.2. The lowest BCUT2D eigenvalue weighted by molar-refractivity contribution is 0.393. The molecule has 0 aliphatic rings. The summed E-state index contributed by atoms with van der Waals surface area (Å²) in [5.41, 5.74) is 0. The molecule has 0 radical (unpaired) electrons. The smallest absolute Gasteiger partial charge is 0.294 e. The standard InChI is InChI=1S/C6H6O3S.C2H2N2O/c7-10(8,9)6-4-2-1-3-5-6;1-2-5-4-3-1/h1-5H,(H,7,8,9);1-2H. The van der Waals surface area contributed by atoms with Crippen LogP contribution in [-0.4, -0.2) is 23.3 Å². The third-order valence-electron chi connectivity index (χ3n) is 1.32. The summed E-state index contributed by atoms with van der Waals surface area (Å²) >= 11 is 0. The van der Waals surface area contributed by atoms with Crippen molar-refractivity contribution in [2.24, 2.45) is 0 Å². The predicted octanol–water partition coefficient (Wildman–Crippen LogP) is 1.00. The lowest BCUT2D eigenvalue weighted by Gasteiger charge is -1.92. The van der Waals surface area contributed by atoms with Gasteiger partial charge in [0.05, 0.1) is 11.1 Å². The van der Waals surface area contributed by atoms with Crippen molar-refractivity contribution in [2.45, 2.75) is 4.90 Å². The molecule has 0 unspecified atom stereocenters. The molecule has 0 amide bonds. The van der Waals surface area contributed by atoms with E-state index in [9.17, 15) is 8.42 Å². The molecule has 0 bridgehead atoms. The largest absolute Gasteiger partial charge is 0.346 e. The second kappa shape index (κ2) is 5.23. The summed E-state index contributed by atoms with van der Waals surface area (Å²) in [6.45, 7) is 0. The number of hydrogen-bond donors (Lipinski definition) is 1. The fraction of sp³-hybridized carbons (Fsp3) is 0. The van der Waals surface area contributed by atoms with Gasteiger partial charge in [-0.15, -0.1) is 5.10 Å². The first-order valence-electron chi connectivity index (χ1n) is 3.84. The van der Waals surface area contributed by atoms with E-state index in [1.165, 1.54) is 24.6 Å². The van der Waals surface area contributed by atoms with Gasteiger partial charge in [-0.25, -0.2) is 0 Å². The van der Waals surface area contributed by atoms with Crippen molar-refractivity contribution in [2.75, 3.05) is 0 Å². The minimum atomic E-state index is -4.00. The Morgan fingerprint density at radius 2 is 1.87 bits per heavy atom. The van der Waals surface area contributed by atoms with Crippen LogP contribution in [0.1, 0.15) is 0 Å². The first-order valence-corrected chi connectivity index (χ1v) is 5.28. The molecule has 0 aliphatic heterocycles. The topological polar surface area (TPSA) is 93.3 Å². The minimum Gasteiger partial charge on any atom is -0.346 e. The van der Waals surface area contributed by atoms with Gasteiger partial charge in [0.2, 0.25) is 0 Å². The van der Waals surface area contributed by atoms with E-state index in [1.807, 2.05) is 0 Å². The maximum atomic E-state index is 10.4. The quantitative estimate of drug-likeness (QED) is 0.732. The molecule has 0 atom stereocenters. The van der Waals surface area contributed by atoms with Crippen LogP contribution in [0.2, 0.25) is 0 Å². The van der Waals surface area contributed by atoms with Crippen LogP contribution in [0, 0.1) is 0 Å². The van der Waals surface area contributed by atoms with E-state index in [4.69, 9.17) is 4.55 Å². The molecule has 0 fully saturated rings. The van der Waals surface area contributed by atoms with E-state index < -0.39 is 10.1 Å². The molecule has 6 nitrogen and oxygen atoms in total. The van der Waals surface area contributed by atoms with Crippen LogP contribution >= 0.6 is 0 Å². The molecule has 0 spiro atoms. The Kier molecular flexibility index (Phi) is 3.95. The molecule has 15 heavy (non-hydrogen) atoms. The molecule has 2 aromatic rings. The highest BCUT2D eigenvalue weighted by Gasteiger charge is 2.05. The zero-order chi connectivity index (χ0) is 11.1. The molecule has 0 saturated heterocycles. The monoisotopic (exact) mass is 228 g/mol. The molecule has 1 aromatic carbocycles. The Morgan fingerprint density at radius 3 is 2.13 bits per heavy atom. The first-order chi connectivity index (χ1) is 7.11. The van der Waals surface area contributed by atoms with Crippen LogP contribution in [0.3, 0.4) is 0 Å². The van der Waals surface area contributed by atoms with E-state index in [-0.39, 0.29) is 4.90 Å². The zero-order valence-electron chi connectivity index (χ0n) is 7.52. The van der Waals surface area contributed by atoms with Crippen LogP contribution in [0.5, 0.6) is 0 Å². The third-order valence-corrected chi connectivity index (χ3v) is 2.19. The Hall–Kier alpha value is -1.73. The van der Waals surface area contributed by atoms with Crippen molar-refractivity contribution in [3.05, 3.63) is 42.8 Å². The Balaban J connectivity index is 0.000000187. The van der Waals surface area contributed by atoms with Crippen LogP contribution < -0.4 is 0 Å². The number of hydrogen-bond acceptors (Lipinski definition) is 5. The van der Waals surface area contributed by atoms with Gasteiger partial charge in [-0.1, -0.05) is 18.2 Å². The fourth-order valence-corrected chi connectivity index (χ4v) is 1.23. The molecule has 0 saturated carbocycles. The fourth-order valence-electron chi connectivity index (χ4n) is 0.729. The van der Waals surface area contributed by atoms with E-state index in [0.717, 1.165) is 0 Å². The average molecular weight is 228 g/mol. The maximum absolute atomic E-state index is 10.4. The molecule has 2 rings (SSSR count). The number of rotatable bonds is 1. The lowest BCUT2D eigenvalue weighted by atomic mass is 10.4. The summed E-state index contributed by atoms with van der Waals surface area (Å²) in [6.07, 6.45) is 2.88. The second-order valence-electron chi connectivity index (χ2n) is 2.38. The van der Waals surface area contributed by atoms with E-state index in [0.29, 0.717) is 0 Å². The average Bonchev–Trinajstić information content (AvgIpc) is 2.76. The van der Waals surface area contributed by atoms with Crippen molar-refractivity contribution >= 4 is 10.1 Å². The van der Waals surface area contributed by atoms with Gasteiger partial charge in [0.1, 0.15) is 6.26 Å². The zero-order valence-corrected chi connectivity index (χ0v) is 8.33. The molecule has 80 valence electrons. The highest BCUT2D eigenvalue weighted by Crippen LogP contribution is 2.05. The highest BCUT2D eigenvalue weighted by molar-refractivity contribution is 7.85. The van der Waals surface area contributed by atoms with Gasteiger partial charge in [-0.3, -0.25) is 4.55 Å².